The van der Waals surface area contributed by atoms with Gasteiger partial charge in [0.2, 0.25) is 5.91 Å². The number of hydrogen-bond donors (Lipinski definition) is 2. The van der Waals surface area contributed by atoms with Gasteiger partial charge in [0.15, 0.2) is 5.58 Å². The Kier molecular flexibility index (Phi) is 4.55. The highest BCUT2D eigenvalue weighted by Crippen LogP contribution is 2.34. The van der Waals surface area contributed by atoms with Gasteiger partial charge in [-0.25, -0.2) is 4.98 Å². The first kappa shape index (κ1) is 18.5. The predicted molar refractivity (Wildman–Crippen MR) is 114 cm³/mol. The highest BCUT2D eigenvalue weighted by atomic mass is 16.4. The number of aliphatic hydroxyl groups is 1. The number of nitrogens with one attached hydrogen (secondary N) is 1. The molecule has 4 aromatic rings. The fourth-order valence-corrected chi connectivity index (χ4v) is 3.48. The van der Waals surface area contributed by atoms with Crippen LogP contribution in [0, 0.1) is 5.92 Å². The Balaban J connectivity index is 1.56. The molecule has 152 valence electrons. The van der Waals surface area contributed by atoms with Gasteiger partial charge in [-0.05, 0) is 43.5 Å². The first-order valence-corrected chi connectivity index (χ1v) is 9.98. The topological polar surface area (TPSA) is 104 Å². The molecule has 1 aliphatic rings. The first-order chi connectivity index (χ1) is 14.7. The van der Waals surface area contributed by atoms with Crippen molar-refractivity contribution in [2.75, 3.05) is 16.8 Å². The van der Waals surface area contributed by atoms with E-state index in [9.17, 15) is 9.90 Å². The monoisotopic (exact) mass is 403 g/mol. The molecular formula is C22H21N5O3. The SMILES string of the molecule is CCN(c1nc2ccc(CO)cc2o1)c1cncc2cnc(NC(=O)C3CC3)cc12. The number of oxazole rings is 1. The molecule has 5 rings (SSSR count). The Morgan fingerprint density at radius 2 is 2.13 bits per heavy atom. The molecule has 1 amide bonds. The molecule has 1 aliphatic carbocycles. The fourth-order valence-electron chi connectivity index (χ4n) is 3.48. The number of anilines is 3. The van der Waals surface area contributed by atoms with Crippen molar-refractivity contribution in [2.24, 2.45) is 5.92 Å². The Labute approximate surface area is 172 Å². The van der Waals surface area contributed by atoms with Crippen molar-refractivity contribution in [2.45, 2.75) is 26.4 Å². The smallest absolute Gasteiger partial charge is 0.303 e. The van der Waals surface area contributed by atoms with Crippen molar-refractivity contribution in [3.63, 3.8) is 0 Å². The normalized spacial score (nSPS) is 13.7. The van der Waals surface area contributed by atoms with Crippen LogP contribution in [0.25, 0.3) is 21.9 Å². The van der Waals surface area contributed by atoms with Crippen molar-refractivity contribution in [1.29, 1.82) is 0 Å². The van der Waals surface area contributed by atoms with Gasteiger partial charge in [0, 0.05) is 35.6 Å². The van der Waals surface area contributed by atoms with E-state index < -0.39 is 0 Å². The molecule has 0 atom stereocenters. The minimum Gasteiger partial charge on any atom is -0.423 e. The second kappa shape index (κ2) is 7.38. The number of carbonyl (C=O) groups is 1. The van der Waals surface area contributed by atoms with Gasteiger partial charge in [0.05, 0.1) is 18.5 Å². The van der Waals surface area contributed by atoms with E-state index in [0.29, 0.717) is 29.5 Å². The fraction of sp³-hybridized carbons (Fsp3) is 0.273. The summed E-state index contributed by atoms with van der Waals surface area (Å²) in [6.45, 7) is 2.55. The predicted octanol–water partition coefficient (Wildman–Crippen LogP) is 3.77. The van der Waals surface area contributed by atoms with Crippen LogP contribution < -0.4 is 10.2 Å². The molecule has 3 heterocycles. The van der Waals surface area contributed by atoms with Crippen LogP contribution in [0.5, 0.6) is 0 Å². The highest BCUT2D eigenvalue weighted by molar-refractivity contribution is 5.99. The standard InChI is InChI=1S/C22H21N5O3/c1-2-27(22-25-17-6-3-13(12-28)7-19(17)30-22)18-11-23-9-15-10-24-20(8-16(15)18)26-21(29)14-4-5-14/h3,6-11,14,28H,2,4-5,12H2,1H3,(H,24,26,29). The Morgan fingerprint density at radius 1 is 1.27 bits per heavy atom. The minimum atomic E-state index is -0.0565. The molecule has 1 saturated carbocycles. The van der Waals surface area contributed by atoms with Crippen molar-refractivity contribution >= 4 is 45.3 Å². The van der Waals surface area contributed by atoms with E-state index in [0.717, 1.165) is 34.9 Å². The maximum atomic E-state index is 12.1. The van der Waals surface area contributed by atoms with Crippen LogP contribution in [-0.2, 0) is 11.4 Å². The minimum absolute atomic E-state index is 0.0171. The molecule has 0 unspecified atom stereocenters. The summed E-state index contributed by atoms with van der Waals surface area (Å²) >= 11 is 0. The lowest BCUT2D eigenvalue weighted by Crippen LogP contribution is -2.17. The van der Waals surface area contributed by atoms with Gasteiger partial charge >= 0.3 is 6.01 Å². The molecular weight excluding hydrogens is 382 g/mol. The largest absolute Gasteiger partial charge is 0.423 e. The second-order valence-corrected chi connectivity index (χ2v) is 7.41. The maximum Gasteiger partial charge on any atom is 0.303 e. The molecule has 0 bridgehead atoms. The zero-order valence-electron chi connectivity index (χ0n) is 16.5. The molecule has 0 aliphatic heterocycles. The van der Waals surface area contributed by atoms with Gasteiger partial charge in [0.25, 0.3) is 0 Å². The van der Waals surface area contributed by atoms with Crippen molar-refractivity contribution < 1.29 is 14.3 Å². The highest BCUT2D eigenvalue weighted by Gasteiger charge is 2.30. The molecule has 1 fully saturated rings. The number of pyridine rings is 2. The Morgan fingerprint density at radius 3 is 2.90 bits per heavy atom. The zero-order valence-corrected chi connectivity index (χ0v) is 16.5. The first-order valence-electron chi connectivity index (χ1n) is 9.98. The van der Waals surface area contributed by atoms with Crippen LogP contribution in [0.3, 0.4) is 0 Å². The molecule has 8 nitrogen and oxygen atoms in total. The summed E-state index contributed by atoms with van der Waals surface area (Å²) in [5, 5.41) is 14.0. The van der Waals surface area contributed by atoms with Crippen LogP contribution in [0.15, 0.2) is 47.3 Å². The number of fused-ring (bicyclic) bond motifs is 2. The molecule has 2 N–H and O–H groups in total. The lowest BCUT2D eigenvalue weighted by Gasteiger charge is -2.20. The van der Waals surface area contributed by atoms with Gasteiger partial charge in [-0.1, -0.05) is 6.07 Å². The molecule has 30 heavy (non-hydrogen) atoms. The summed E-state index contributed by atoms with van der Waals surface area (Å²) in [7, 11) is 0. The van der Waals surface area contributed by atoms with Gasteiger partial charge in [-0.3, -0.25) is 14.7 Å². The number of aromatic nitrogens is 3. The van der Waals surface area contributed by atoms with E-state index in [2.05, 4.69) is 20.3 Å². The van der Waals surface area contributed by atoms with Crippen LogP contribution in [0.1, 0.15) is 25.3 Å². The van der Waals surface area contributed by atoms with Crippen molar-refractivity contribution in [3.8, 4) is 0 Å². The number of carbonyl (C=O) groups excluding carboxylic acids is 1. The van der Waals surface area contributed by atoms with E-state index >= 15 is 0 Å². The van der Waals surface area contributed by atoms with Gasteiger partial charge in [-0.2, -0.15) is 4.98 Å². The molecule has 8 heteroatoms. The van der Waals surface area contributed by atoms with Crippen LogP contribution in [0.4, 0.5) is 17.5 Å². The average Bonchev–Trinajstić information content (AvgIpc) is 3.54. The molecule has 0 saturated heterocycles. The van der Waals surface area contributed by atoms with E-state index in [1.807, 2.05) is 30.0 Å². The van der Waals surface area contributed by atoms with Crippen LogP contribution >= 0.6 is 0 Å². The maximum absolute atomic E-state index is 12.1. The third-order valence-corrected chi connectivity index (χ3v) is 5.28. The third-order valence-electron chi connectivity index (χ3n) is 5.28. The van der Waals surface area contributed by atoms with E-state index in [4.69, 9.17) is 4.42 Å². The number of nitrogens with zero attached hydrogens (tertiary/aromatic N) is 4. The van der Waals surface area contributed by atoms with Gasteiger partial charge < -0.3 is 14.8 Å². The summed E-state index contributed by atoms with van der Waals surface area (Å²) < 4.78 is 5.99. The summed E-state index contributed by atoms with van der Waals surface area (Å²) in [5.74, 6) is 0.645. The third kappa shape index (κ3) is 3.35. The number of aliphatic hydroxyl groups excluding tert-OH is 1. The molecule has 3 aromatic heterocycles. The quantitative estimate of drug-likeness (QED) is 0.505. The van der Waals surface area contributed by atoms with E-state index in [1.54, 1.807) is 24.7 Å². The number of amides is 1. The van der Waals surface area contributed by atoms with Gasteiger partial charge in [-0.15, -0.1) is 0 Å². The van der Waals surface area contributed by atoms with Crippen LogP contribution in [0.2, 0.25) is 0 Å². The lowest BCUT2D eigenvalue weighted by atomic mass is 10.2. The number of rotatable bonds is 6. The summed E-state index contributed by atoms with van der Waals surface area (Å²) in [6.07, 6.45) is 7.09. The van der Waals surface area contributed by atoms with Crippen LogP contribution in [-0.4, -0.2) is 32.5 Å². The molecule has 0 radical (unpaired) electrons. The lowest BCUT2D eigenvalue weighted by molar-refractivity contribution is -0.117. The molecule has 0 spiro atoms. The summed E-state index contributed by atoms with van der Waals surface area (Å²) in [6, 6.07) is 7.75. The summed E-state index contributed by atoms with van der Waals surface area (Å²) in [4.78, 5) is 27.4. The van der Waals surface area contributed by atoms with Crippen molar-refractivity contribution in [3.05, 3.63) is 48.4 Å². The molecule has 1 aromatic carbocycles. The van der Waals surface area contributed by atoms with E-state index in [-0.39, 0.29) is 18.4 Å². The van der Waals surface area contributed by atoms with Crippen molar-refractivity contribution in [1.82, 2.24) is 15.0 Å². The zero-order chi connectivity index (χ0) is 20.7. The number of hydrogen-bond acceptors (Lipinski definition) is 7. The summed E-state index contributed by atoms with van der Waals surface area (Å²) in [5.41, 5.74) is 2.91. The second-order valence-electron chi connectivity index (χ2n) is 7.41. The Bertz CT molecular complexity index is 1250. The van der Waals surface area contributed by atoms with E-state index in [1.165, 1.54) is 0 Å². The van der Waals surface area contributed by atoms with Gasteiger partial charge in [0.1, 0.15) is 11.3 Å². The Hall–Kier alpha value is -3.52. The average molecular weight is 403 g/mol. The number of benzene rings is 1.